The molecule has 0 aliphatic heterocycles. The SMILES string of the molecule is CNC(=O)c1c2cc(C3CC3)c(I)cc2nn1-c1ccc(F)cc1.CNC(=O)c1c2cc(C3CC3)c(N)cc2nn1-c1ccc(F)cc1. The summed E-state index contributed by atoms with van der Waals surface area (Å²) in [4.78, 5) is 24.9. The zero-order valence-electron chi connectivity index (χ0n) is 26.2. The van der Waals surface area contributed by atoms with Crippen LogP contribution in [-0.2, 0) is 0 Å². The van der Waals surface area contributed by atoms with Gasteiger partial charge in [-0.1, -0.05) is 0 Å². The third-order valence-corrected chi connectivity index (χ3v) is 9.66. The van der Waals surface area contributed by atoms with Gasteiger partial charge >= 0.3 is 0 Å². The first-order valence-electron chi connectivity index (χ1n) is 15.7. The zero-order valence-corrected chi connectivity index (χ0v) is 28.4. The average Bonchev–Trinajstić information content (AvgIpc) is 4.03. The quantitative estimate of drug-likeness (QED) is 0.125. The Labute approximate surface area is 288 Å². The van der Waals surface area contributed by atoms with E-state index in [0.717, 1.165) is 34.7 Å². The van der Waals surface area contributed by atoms with E-state index in [0.29, 0.717) is 45.8 Å². The summed E-state index contributed by atoms with van der Waals surface area (Å²) >= 11 is 2.33. The Morgan fingerprint density at radius 2 is 1.12 bits per heavy atom. The second-order valence-electron chi connectivity index (χ2n) is 12.1. The summed E-state index contributed by atoms with van der Waals surface area (Å²) in [6.07, 6.45) is 4.64. The smallest absolute Gasteiger partial charge is 0.270 e. The van der Waals surface area contributed by atoms with Gasteiger partial charge in [-0.2, -0.15) is 10.2 Å². The van der Waals surface area contributed by atoms with E-state index < -0.39 is 0 Å². The number of nitrogens with zero attached hydrogens (tertiary/aromatic N) is 4. The van der Waals surface area contributed by atoms with E-state index in [2.05, 4.69) is 49.5 Å². The molecule has 2 heterocycles. The van der Waals surface area contributed by atoms with Crippen LogP contribution in [0, 0.1) is 15.2 Å². The van der Waals surface area contributed by atoms with Crippen LogP contribution in [0.5, 0.6) is 0 Å². The molecule has 4 N–H and O–H groups in total. The third kappa shape index (κ3) is 6.00. The second-order valence-corrected chi connectivity index (χ2v) is 13.2. The van der Waals surface area contributed by atoms with Crippen molar-refractivity contribution >= 4 is 61.9 Å². The van der Waals surface area contributed by atoms with Gasteiger partial charge in [-0.3, -0.25) is 9.59 Å². The van der Waals surface area contributed by atoms with Crippen molar-refractivity contribution < 1.29 is 18.4 Å². The van der Waals surface area contributed by atoms with Gasteiger partial charge in [0.05, 0.1) is 22.4 Å². The Kier molecular flexibility index (Phi) is 8.36. The van der Waals surface area contributed by atoms with Crippen molar-refractivity contribution in [2.75, 3.05) is 19.8 Å². The molecule has 0 atom stereocenters. The topological polar surface area (TPSA) is 120 Å². The van der Waals surface area contributed by atoms with E-state index in [-0.39, 0.29) is 23.4 Å². The van der Waals surface area contributed by atoms with Crippen LogP contribution >= 0.6 is 22.6 Å². The number of carbonyl (C=O) groups excluding carboxylic acids is 2. The number of fused-ring (bicyclic) bond motifs is 2. The number of nitrogens with two attached hydrogens (primary N) is 1. The zero-order chi connectivity index (χ0) is 33.7. The van der Waals surface area contributed by atoms with Crippen molar-refractivity contribution in [3.05, 3.63) is 111 Å². The highest BCUT2D eigenvalue weighted by molar-refractivity contribution is 14.1. The number of hydrogen-bond donors (Lipinski definition) is 3. The van der Waals surface area contributed by atoms with Crippen LogP contribution in [0.4, 0.5) is 14.5 Å². The van der Waals surface area contributed by atoms with E-state index in [1.54, 1.807) is 47.7 Å². The Bertz CT molecular complexity index is 2050. The molecule has 8 rings (SSSR count). The fraction of sp³-hybridized carbons (Fsp3) is 0.222. The number of nitrogens with one attached hydrogen (secondary N) is 2. The predicted molar refractivity (Wildman–Crippen MR) is 190 cm³/mol. The van der Waals surface area contributed by atoms with Crippen molar-refractivity contribution in [3.63, 3.8) is 0 Å². The minimum atomic E-state index is -0.336. The van der Waals surface area contributed by atoms with Crippen molar-refractivity contribution in [2.45, 2.75) is 37.5 Å². The van der Waals surface area contributed by atoms with Gasteiger partial charge in [-0.05, 0) is 144 Å². The highest BCUT2D eigenvalue weighted by atomic mass is 127. The monoisotopic (exact) mass is 759 g/mol. The molecule has 2 aromatic heterocycles. The molecule has 2 aliphatic carbocycles. The first-order chi connectivity index (χ1) is 23.2. The molecule has 0 radical (unpaired) electrons. The van der Waals surface area contributed by atoms with E-state index in [4.69, 9.17) is 5.73 Å². The first kappa shape index (κ1) is 31.7. The van der Waals surface area contributed by atoms with E-state index >= 15 is 0 Å². The number of benzene rings is 4. The lowest BCUT2D eigenvalue weighted by atomic mass is 10.0. The molecule has 2 amide bonds. The Morgan fingerprint density at radius 3 is 1.56 bits per heavy atom. The molecule has 48 heavy (non-hydrogen) atoms. The van der Waals surface area contributed by atoms with Crippen LogP contribution in [0.3, 0.4) is 0 Å². The molecular formula is C36H32F2IN7O2. The third-order valence-electron chi connectivity index (χ3n) is 8.73. The first-order valence-corrected chi connectivity index (χ1v) is 16.7. The minimum Gasteiger partial charge on any atom is -0.398 e. The van der Waals surface area contributed by atoms with Crippen molar-refractivity contribution in [1.82, 2.24) is 30.2 Å². The van der Waals surface area contributed by atoms with E-state index in [9.17, 15) is 18.4 Å². The maximum absolute atomic E-state index is 13.2. The Hall–Kier alpha value is -4.85. The largest absolute Gasteiger partial charge is 0.398 e. The van der Waals surface area contributed by atoms with Crippen LogP contribution < -0.4 is 16.4 Å². The molecule has 0 spiro atoms. The van der Waals surface area contributed by atoms with Crippen LogP contribution in [0.1, 0.15) is 69.6 Å². The van der Waals surface area contributed by atoms with Crippen LogP contribution in [0.25, 0.3) is 33.2 Å². The number of hydrogen-bond acceptors (Lipinski definition) is 5. The summed E-state index contributed by atoms with van der Waals surface area (Å²) in [6.45, 7) is 0. The van der Waals surface area contributed by atoms with Crippen LogP contribution in [-0.4, -0.2) is 45.5 Å². The lowest BCUT2D eigenvalue weighted by Gasteiger charge is -2.07. The molecule has 0 bridgehead atoms. The standard InChI is InChI=1S/C18H15FIN3O.C18H17FN4O/c2*1-21-18(24)17-14-8-13(10-2-3-10)15(20)9-16(14)22-23(17)12-6-4-11(19)5-7-12/h4-10H,2-3H2,1H3,(H,21,24);4-10H,2-3,20H2,1H3,(H,21,24). The molecule has 4 aromatic carbocycles. The van der Waals surface area contributed by atoms with Crippen LogP contribution in [0.15, 0.2) is 72.8 Å². The number of anilines is 1. The maximum atomic E-state index is 13.2. The molecule has 2 aliphatic rings. The molecule has 0 saturated heterocycles. The minimum absolute atomic E-state index is 0.204. The summed E-state index contributed by atoms with van der Waals surface area (Å²) in [5.74, 6) is -0.0352. The predicted octanol–water partition coefficient (Wildman–Crippen LogP) is 6.99. The molecule has 6 aromatic rings. The number of aromatic nitrogens is 4. The fourth-order valence-corrected chi connectivity index (χ4v) is 6.85. The average molecular weight is 760 g/mol. The highest BCUT2D eigenvalue weighted by Crippen LogP contribution is 2.45. The number of carbonyl (C=O) groups is 2. The van der Waals surface area contributed by atoms with E-state index in [1.807, 2.05) is 18.2 Å². The molecule has 244 valence electrons. The molecular weight excluding hydrogens is 727 g/mol. The van der Waals surface area contributed by atoms with E-state index in [1.165, 1.54) is 46.2 Å². The number of halogens is 3. The van der Waals surface area contributed by atoms with Gasteiger partial charge in [0.2, 0.25) is 0 Å². The van der Waals surface area contributed by atoms with Crippen molar-refractivity contribution in [3.8, 4) is 11.4 Å². The summed E-state index contributed by atoms with van der Waals surface area (Å²) in [5.41, 5.74) is 12.8. The van der Waals surface area contributed by atoms with Crippen molar-refractivity contribution in [2.24, 2.45) is 0 Å². The van der Waals surface area contributed by atoms with Gasteiger partial charge in [0.15, 0.2) is 0 Å². The Morgan fingerprint density at radius 1 is 0.708 bits per heavy atom. The summed E-state index contributed by atoms with van der Waals surface area (Å²) in [5, 5.41) is 16.0. The van der Waals surface area contributed by atoms with Gasteiger partial charge in [0.1, 0.15) is 23.0 Å². The van der Waals surface area contributed by atoms with Crippen molar-refractivity contribution in [1.29, 1.82) is 0 Å². The highest BCUT2D eigenvalue weighted by Gasteiger charge is 2.29. The lowest BCUT2D eigenvalue weighted by molar-refractivity contribution is 0.0949. The summed E-state index contributed by atoms with van der Waals surface area (Å²) in [6, 6.07) is 19.8. The van der Waals surface area contributed by atoms with Gasteiger partial charge in [-0.25, -0.2) is 18.1 Å². The maximum Gasteiger partial charge on any atom is 0.270 e. The van der Waals surface area contributed by atoms with Gasteiger partial charge in [0, 0.05) is 34.1 Å². The fourth-order valence-electron chi connectivity index (χ4n) is 5.96. The molecule has 2 saturated carbocycles. The second kappa shape index (κ2) is 12.6. The molecule has 0 unspecified atom stereocenters. The number of amides is 2. The molecule has 9 nitrogen and oxygen atoms in total. The molecule has 12 heteroatoms. The summed E-state index contributed by atoms with van der Waals surface area (Å²) < 4.78 is 30.7. The van der Waals surface area contributed by atoms with Gasteiger partial charge in [0.25, 0.3) is 11.8 Å². The number of rotatable bonds is 6. The normalized spacial score (nSPS) is 14.1. The van der Waals surface area contributed by atoms with Gasteiger partial charge < -0.3 is 16.4 Å². The molecule has 2 fully saturated rings. The summed E-state index contributed by atoms with van der Waals surface area (Å²) in [7, 11) is 3.18. The van der Waals surface area contributed by atoms with Gasteiger partial charge in [-0.15, -0.1) is 0 Å². The number of nitrogen functional groups attached to an aromatic ring is 1. The Balaban J connectivity index is 0.000000152. The lowest BCUT2D eigenvalue weighted by Crippen LogP contribution is -2.21. The van der Waals surface area contributed by atoms with Crippen LogP contribution in [0.2, 0.25) is 0 Å².